The molecule has 2 aliphatic rings. The molecule has 0 atom stereocenters. The van der Waals surface area contributed by atoms with Crippen LogP contribution in [-0.2, 0) is 0 Å². The van der Waals surface area contributed by atoms with Crippen molar-refractivity contribution in [2.75, 3.05) is 18.4 Å². The van der Waals surface area contributed by atoms with E-state index in [-0.39, 0.29) is 5.91 Å². The zero-order chi connectivity index (χ0) is 18.5. The first-order chi connectivity index (χ1) is 13.3. The van der Waals surface area contributed by atoms with Crippen LogP contribution in [0.4, 0.5) is 5.82 Å². The number of benzene rings is 1. The fourth-order valence-electron chi connectivity index (χ4n) is 4.06. The molecule has 27 heavy (non-hydrogen) atoms. The Bertz CT molecular complexity index is 765. The minimum Gasteiger partial charge on any atom is -0.367 e. The molecule has 4 rings (SSSR count). The van der Waals surface area contributed by atoms with E-state index in [1.807, 2.05) is 41.3 Å². The molecule has 0 bridgehead atoms. The van der Waals surface area contributed by atoms with Crippen molar-refractivity contribution in [2.45, 2.75) is 57.4 Å². The van der Waals surface area contributed by atoms with Crippen molar-refractivity contribution in [3.63, 3.8) is 0 Å². The van der Waals surface area contributed by atoms with Gasteiger partial charge in [-0.1, -0.05) is 49.6 Å². The molecule has 0 radical (unpaired) electrons. The number of rotatable bonds is 4. The molecule has 1 amide bonds. The van der Waals surface area contributed by atoms with E-state index in [4.69, 9.17) is 4.98 Å². The van der Waals surface area contributed by atoms with E-state index >= 15 is 0 Å². The van der Waals surface area contributed by atoms with Crippen LogP contribution in [0.1, 0.15) is 61.9 Å². The van der Waals surface area contributed by atoms with Gasteiger partial charge >= 0.3 is 0 Å². The largest absolute Gasteiger partial charge is 0.367 e. The Labute approximate surface area is 161 Å². The molecule has 1 aromatic heterocycles. The van der Waals surface area contributed by atoms with Crippen LogP contribution in [0.15, 0.2) is 36.4 Å². The first-order valence-corrected chi connectivity index (χ1v) is 10.3. The maximum Gasteiger partial charge on any atom is 0.272 e. The second-order valence-corrected chi connectivity index (χ2v) is 7.66. The fraction of sp³-hybridized carbons (Fsp3) is 0.500. The van der Waals surface area contributed by atoms with Gasteiger partial charge in [-0.15, -0.1) is 0 Å². The minimum atomic E-state index is 0.0287. The molecule has 0 spiro atoms. The number of amides is 1. The van der Waals surface area contributed by atoms with E-state index < -0.39 is 0 Å². The Hall–Kier alpha value is -2.43. The van der Waals surface area contributed by atoms with Crippen molar-refractivity contribution >= 4 is 11.7 Å². The molecule has 1 saturated carbocycles. The monoisotopic (exact) mass is 364 g/mol. The predicted octanol–water partition coefficient (Wildman–Crippen LogP) is 4.51. The van der Waals surface area contributed by atoms with Gasteiger partial charge in [0, 0.05) is 30.8 Å². The standard InChI is InChI=1S/C22H28N4O/c27-22(26-14-8-3-9-15-26)19-16-20(23-18-12-6-2-7-13-18)25-21(24-19)17-10-4-1-5-11-17/h1,4-5,10-11,16,18H,2-3,6-9,12-15H2,(H,23,24,25). The number of aromatic nitrogens is 2. The molecule has 2 aromatic rings. The number of likely N-dealkylation sites (tertiary alicyclic amines) is 1. The van der Waals surface area contributed by atoms with Crippen molar-refractivity contribution in [3.05, 3.63) is 42.1 Å². The molecule has 0 unspecified atom stereocenters. The predicted molar refractivity (Wildman–Crippen MR) is 108 cm³/mol. The second kappa shape index (κ2) is 8.51. The smallest absolute Gasteiger partial charge is 0.272 e. The van der Waals surface area contributed by atoms with Crippen LogP contribution in [0.2, 0.25) is 0 Å². The maximum absolute atomic E-state index is 13.0. The first kappa shape index (κ1) is 18.0. The number of hydrogen-bond donors (Lipinski definition) is 1. The summed E-state index contributed by atoms with van der Waals surface area (Å²) in [7, 11) is 0. The topological polar surface area (TPSA) is 58.1 Å². The van der Waals surface area contributed by atoms with Crippen LogP contribution in [0.5, 0.6) is 0 Å². The maximum atomic E-state index is 13.0. The molecule has 1 aliphatic heterocycles. The van der Waals surface area contributed by atoms with Gasteiger partial charge in [-0.2, -0.15) is 0 Å². The van der Waals surface area contributed by atoms with E-state index in [0.29, 0.717) is 17.6 Å². The third-order valence-corrected chi connectivity index (χ3v) is 5.58. The summed E-state index contributed by atoms with van der Waals surface area (Å²) in [6, 6.07) is 12.2. The fourth-order valence-corrected chi connectivity index (χ4v) is 4.06. The van der Waals surface area contributed by atoms with Crippen molar-refractivity contribution in [1.29, 1.82) is 0 Å². The summed E-state index contributed by atoms with van der Waals surface area (Å²) in [6.07, 6.45) is 9.53. The van der Waals surface area contributed by atoms with Gasteiger partial charge in [0.15, 0.2) is 5.82 Å². The van der Waals surface area contributed by atoms with Gasteiger partial charge in [-0.25, -0.2) is 9.97 Å². The molecule has 5 nitrogen and oxygen atoms in total. The molecular weight excluding hydrogens is 336 g/mol. The lowest BCUT2D eigenvalue weighted by Crippen LogP contribution is -2.36. The number of carbonyl (C=O) groups is 1. The third kappa shape index (κ3) is 4.46. The zero-order valence-electron chi connectivity index (χ0n) is 15.9. The van der Waals surface area contributed by atoms with E-state index in [9.17, 15) is 4.79 Å². The highest BCUT2D eigenvalue weighted by Crippen LogP contribution is 2.24. The SMILES string of the molecule is O=C(c1cc(NC2CCCCC2)nc(-c2ccccc2)n1)N1CCCCC1. The lowest BCUT2D eigenvalue weighted by molar-refractivity contribution is 0.0718. The van der Waals surface area contributed by atoms with Crippen LogP contribution < -0.4 is 5.32 Å². The molecule has 1 aliphatic carbocycles. The molecule has 1 N–H and O–H groups in total. The number of nitrogens with one attached hydrogen (secondary N) is 1. The van der Waals surface area contributed by atoms with E-state index in [0.717, 1.165) is 37.3 Å². The molecule has 2 fully saturated rings. The summed E-state index contributed by atoms with van der Waals surface area (Å²) >= 11 is 0. The second-order valence-electron chi connectivity index (χ2n) is 7.66. The highest BCUT2D eigenvalue weighted by molar-refractivity contribution is 5.93. The summed E-state index contributed by atoms with van der Waals surface area (Å²) in [4.78, 5) is 24.3. The van der Waals surface area contributed by atoms with Crippen molar-refractivity contribution in [2.24, 2.45) is 0 Å². The van der Waals surface area contributed by atoms with Crippen LogP contribution in [-0.4, -0.2) is 39.9 Å². The molecule has 5 heteroatoms. The summed E-state index contributed by atoms with van der Waals surface area (Å²) in [5.74, 6) is 1.42. The quantitative estimate of drug-likeness (QED) is 0.867. The van der Waals surface area contributed by atoms with Gasteiger partial charge in [-0.3, -0.25) is 4.79 Å². The van der Waals surface area contributed by atoms with Gasteiger partial charge in [0.05, 0.1) is 0 Å². The summed E-state index contributed by atoms with van der Waals surface area (Å²) in [5.41, 5.74) is 1.45. The Balaban J connectivity index is 1.64. The molecule has 1 saturated heterocycles. The third-order valence-electron chi connectivity index (χ3n) is 5.58. The lowest BCUT2D eigenvalue weighted by atomic mass is 9.95. The Morgan fingerprint density at radius 3 is 2.37 bits per heavy atom. The Morgan fingerprint density at radius 1 is 0.926 bits per heavy atom. The molecule has 142 valence electrons. The zero-order valence-corrected chi connectivity index (χ0v) is 15.9. The van der Waals surface area contributed by atoms with E-state index in [1.165, 1.54) is 38.5 Å². The molecular formula is C22H28N4O. The van der Waals surface area contributed by atoms with Crippen LogP contribution in [0, 0.1) is 0 Å². The first-order valence-electron chi connectivity index (χ1n) is 10.3. The normalized spacial score (nSPS) is 18.3. The van der Waals surface area contributed by atoms with Crippen LogP contribution >= 0.6 is 0 Å². The lowest BCUT2D eigenvalue weighted by Gasteiger charge is -2.27. The summed E-state index contributed by atoms with van der Waals surface area (Å²) < 4.78 is 0. The number of piperidine rings is 1. The van der Waals surface area contributed by atoms with Crippen molar-refractivity contribution < 1.29 is 4.79 Å². The molecule has 2 heterocycles. The Kier molecular flexibility index (Phi) is 5.66. The van der Waals surface area contributed by atoms with E-state index in [2.05, 4.69) is 10.3 Å². The van der Waals surface area contributed by atoms with Gasteiger partial charge in [0.2, 0.25) is 0 Å². The van der Waals surface area contributed by atoms with Crippen molar-refractivity contribution in [1.82, 2.24) is 14.9 Å². The highest BCUT2D eigenvalue weighted by atomic mass is 16.2. The van der Waals surface area contributed by atoms with Gasteiger partial charge < -0.3 is 10.2 Å². The van der Waals surface area contributed by atoms with Gasteiger partial charge in [0.25, 0.3) is 5.91 Å². The number of carbonyl (C=O) groups excluding carboxylic acids is 1. The van der Waals surface area contributed by atoms with Crippen molar-refractivity contribution in [3.8, 4) is 11.4 Å². The number of nitrogens with zero attached hydrogens (tertiary/aromatic N) is 3. The number of hydrogen-bond acceptors (Lipinski definition) is 4. The minimum absolute atomic E-state index is 0.0287. The van der Waals surface area contributed by atoms with Gasteiger partial charge in [-0.05, 0) is 32.1 Å². The Morgan fingerprint density at radius 2 is 1.63 bits per heavy atom. The van der Waals surface area contributed by atoms with Crippen LogP contribution in [0.3, 0.4) is 0 Å². The number of anilines is 1. The average Bonchev–Trinajstić information content (AvgIpc) is 2.75. The molecule has 1 aromatic carbocycles. The highest BCUT2D eigenvalue weighted by Gasteiger charge is 2.22. The van der Waals surface area contributed by atoms with E-state index in [1.54, 1.807) is 0 Å². The average molecular weight is 364 g/mol. The van der Waals surface area contributed by atoms with Gasteiger partial charge in [0.1, 0.15) is 11.5 Å². The van der Waals surface area contributed by atoms with Crippen LogP contribution in [0.25, 0.3) is 11.4 Å². The summed E-state index contributed by atoms with van der Waals surface area (Å²) in [6.45, 7) is 1.66. The summed E-state index contributed by atoms with van der Waals surface area (Å²) in [5, 5.41) is 3.57.